The van der Waals surface area contributed by atoms with Gasteiger partial charge in [-0.25, -0.2) is 0 Å². The maximum Gasteiger partial charge on any atom is 5.00 e. The minimum absolute atomic E-state index is 0. The summed E-state index contributed by atoms with van der Waals surface area (Å²) in [7, 11) is 16.7. The van der Waals surface area contributed by atoms with Crippen molar-refractivity contribution in [3.63, 3.8) is 0 Å². The molecule has 0 aliphatic rings. The van der Waals surface area contributed by atoms with Crippen molar-refractivity contribution < 1.29 is 22.4 Å². The smallest absolute Gasteiger partial charge is 0.610 e. The van der Waals surface area contributed by atoms with Crippen molar-refractivity contribution in [3.05, 3.63) is 29.2 Å². The molecule has 0 aromatic carbocycles. The van der Waals surface area contributed by atoms with E-state index in [9.17, 15) is 0 Å². The molecule has 21 heavy (non-hydrogen) atoms. The molecule has 0 heterocycles. The molecule has 5 N–H and O–H groups in total. The van der Waals surface area contributed by atoms with Crippen molar-refractivity contribution in [2.45, 2.75) is 0 Å². The summed E-state index contributed by atoms with van der Waals surface area (Å²) in [5, 5.41) is 6.25. The molecular formula is C10H35N10Ta. The molecule has 0 spiro atoms. The van der Waals surface area contributed by atoms with Gasteiger partial charge in [-0.2, -0.15) is 0 Å². The van der Waals surface area contributed by atoms with Gasteiger partial charge in [-0.15, -0.1) is 0 Å². The third-order valence-electron chi connectivity index (χ3n) is 0. The van der Waals surface area contributed by atoms with E-state index in [0.717, 1.165) is 0 Å². The average Bonchev–Trinajstić information content (AvgIpc) is 1.94. The van der Waals surface area contributed by atoms with Gasteiger partial charge in [0.1, 0.15) is 0 Å². The second kappa shape index (κ2) is 32.3. The summed E-state index contributed by atoms with van der Waals surface area (Å²) in [5.74, 6) is 32.1. The van der Waals surface area contributed by atoms with Gasteiger partial charge in [0.15, 0.2) is 0 Å². The molecule has 0 saturated heterocycles. The fraction of sp³-hybridized carbons (Fsp3) is 1.00. The van der Waals surface area contributed by atoms with Crippen molar-refractivity contribution >= 4 is 0 Å². The van der Waals surface area contributed by atoms with Crippen molar-refractivity contribution in [3.8, 4) is 0 Å². The molecule has 0 aromatic heterocycles. The summed E-state index contributed by atoms with van der Waals surface area (Å²) in [5.41, 5.74) is 0. The molecular weight excluding hydrogens is 441 g/mol. The Hall–Kier alpha value is 0.340. The van der Waals surface area contributed by atoms with Crippen LogP contribution in [0.25, 0.3) is 29.2 Å². The van der Waals surface area contributed by atoms with E-state index < -0.39 is 0 Å². The Labute approximate surface area is 147 Å². The molecule has 0 bridgehead atoms. The molecule has 0 amide bonds. The third kappa shape index (κ3) is 59100. The monoisotopic (exact) mass is 476 g/mol. The molecule has 0 aromatic rings. The number of hydrogen-bond acceptors (Lipinski definition) is 5. The fourth-order valence-corrected chi connectivity index (χ4v) is 0. The van der Waals surface area contributed by atoms with Crippen LogP contribution in [0.4, 0.5) is 0 Å². The first-order valence-electron chi connectivity index (χ1n) is 5.59. The van der Waals surface area contributed by atoms with E-state index in [4.69, 9.17) is 29.2 Å². The summed E-state index contributed by atoms with van der Waals surface area (Å²) >= 11 is 0. The van der Waals surface area contributed by atoms with Crippen molar-refractivity contribution in [1.29, 1.82) is 0 Å². The summed E-state index contributed by atoms with van der Waals surface area (Å²) in [6.07, 6.45) is 0. The predicted octanol–water partition coefficient (Wildman–Crippen LogP) is 2.57. The van der Waals surface area contributed by atoms with Gasteiger partial charge in [0, 0.05) is 0 Å². The van der Waals surface area contributed by atoms with Gasteiger partial charge in [-0.05, 0) is 70.5 Å². The van der Waals surface area contributed by atoms with Gasteiger partial charge in [-0.1, -0.05) is 0 Å². The van der Waals surface area contributed by atoms with Gasteiger partial charge < -0.3 is 54.3 Å². The van der Waals surface area contributed by atoms with Crippen LogP contribution in [0, 0.1) is 0 Å². The SMILES string of the molecule is CN(C)[NH-].CN(C)[NH-].CN(C)[NH-].CN(C)[NH-].CN(C)[NH-].[Ta+5]. The minimum Gasteiger partial charge on any atom is -0.610 e. The Morgan fingerprint density at radius 1 is 0.333 bits per heavy atom. The zero-order valence-corrected chi connectivity index (χ0v) is 18.4. The first-order chi connectivity index (χ1) is 8.66. The molecule has 11 heteroatoms. The van der Waals surface area contributed by atoms with Crippen LogP contribution in [0.1, 0.15) is 0 Å². The third-order valence-corrected chi connectivity index (χ3v) is 0. The molecule has 0 unspecified atom stereocenters. The van der Waals surface area contributed by atoms with Crippen molar-refractivity contribution in [1.82, 2.24) is 25.0 Å². The van der Waals surface area contributed by atoms with Crippen LogP contribution in [0.5, 0.6) is 0 Å². The van der Waals surface area contributed by atoms with Crippen LogP contribution in [0.15, 0.2) is 0 Å². The van der Waals surface area contributed by atoms with Crippen molar-refractivity contribution in [2.75, 3.05) is 70.5 Å². The summed E-state index contributed by atoms with van der Waals surface area (Å²) in [6.45, 7) is 0. The minimum atomic E-state index is 0. The quantitative estimate of drug-likeness (QED) is 0.495. The maximum atomic E-state index is 6.42. The Morgan fingerprint density at radius 3 is 0.333 bits per heavy atom. The van der Waals surface area contributed by atoms with Crippen LogP contribution in [0.3, 0.4) is 0 Å². The van der Waals surface area contributed by atoms with Gasteiger partial charge in [0.25, 0.3) is 0 Å². The standard InChI is InChI=1S/5C2H7N2.Ta/c5*1-4(2)3;/h5*3H,1-2H3;/q5*-1;+5. The second-order valence-corrected chi connectivity index (χ2v) is 4.47. The van der Waals surface area contributed by atoms with Gasteiger partial charge in [0.05, 0.1) is 0 Å². The number of hydrogen-bond donors (Lipinski definition) is 0. The normalized spacial score (nSPS) is 8.57. The zero-order valence-electron chi connectivity index (χ0n) is 15.2. The average molecular weight is 476 g/mol. The summed E-state index contributed by atoms with van der Waals surface area (Å²) in [6, 6.07) is 0. The molecule has 0 saturated carbocycles. The topological polar surface area (TPSA) is 135 Å². The summed E-state index contributed by atoms with van der Waals surface area (Å²) in [4.78, 5) is 0. The maximum absolute atomic E-state index is 6.42. The van der Waals surface area contributed by atoms with E-state index in [1.54, 1.807) is 70.5 Å². The van der Waals surface area contributed by atoms with E-state index in [2.05, 4.69) is 0 Å². The Balaban J connectivity index is -0.0000000331. The Kier molecular flexibility index (Phi) is 57.8. The van der Waals surface area contributed by atoms with Crippen LogP contribution in [-0.2, 0) is 22.4 Å². The number of nitrogens with zero attached hydrogens (tertiary/aromatic N) is 5. The Bertz CT molecular complexity index is 84.4. The van der Waals surface area contributed by atoms with Crippen molar-refractivity contribution in [2.24, 2.45) is 0 Å². The molecule has 0 aliphatic carbocycles. The number of rotatable bonds is 0. The van der Waals surface area contributed by atoms with Gasteiger partial charge >= 0.3 is 22.4 Å². The first-order valence-corrected chi connectivity index (χ1v) is 5.59. The molecule has 0 rings (SSSR count). The first kappa shape index (κ1) is 37.5. The van der Waals surface area contributed by atoms with E-state index in [-0.39, 0.29) is 22.4 Å². The predicted molar refractivity (Wildman–Crippen MR) is 90.0 cm³/mol. The molecule has 130 valence electrons. The zero-order chi connectivity index (χ0) is 17.9. The molecule has 10 nitrogen and oxygen atoms in total. The molecule has 0 aliphatic heterocycles. The van der Waals surface area contributed by atoms with E-state index in [1.165, 1.54) is 25.0 Å². The molecule has 0 radical (unpaired) electrons. The Morgan fingerprint density at radius 2 is 0.333 bits per heavy atom. The molecule has 0 atom stereocenters. The van der Waals surface area contributed by atoms with Crippen LogP contribution < -0.4 is 0 Å². The summed E-state index contributed by atoms with van der Waals surface area (Å²) < 4.78 is 0. The van der Waals surface area contributed by atoms with Crippen LogP contribution in [0.2, 0.25) is 0 Å². The van der Waals surface area contributed by atoms with Gasteiger partial charge in [-0.3, -0.25) is 0 Å². The number of nitrogens with one attached hydrogen (secondary N) is 5. The van der Waals surface area contributed by atoms with E-state index in [1.807, 2.05) is 0 Å². The van der Waals surface area contributed by atoms with E-state index in [0.29, 0.717) is 0 Å². The van der Waals surface area contributed by atoms with E-state index >= 15 is 0 Å². The van der Waals surface area contributed by atoms with Crippen LogP contribution >= 0.6 is 0 Å². The second-order valence-electron chi connectivity index (χ2n) is 4.47. The van der Waals surface area contributed by atoms with Crippen LogP contribution in [-0.4, -0.2) is 95.5 Å². The van der Waals surface area contributed by atoms with Gasteiger partial charge in [0.2, 0.25) is 0 Å². The fourth-order valence-electron chi connectivity index (χ4n) is 0. The largest absolute Gasteiger partial charge is 5.00 e. The molecule has 0 fully saturated rings.